The van der Waals surface area contributed by atoms with Gasteiger partial charge in [0.15, 0.2) is 0 Å². The first-order valence-electron chi connectivity index (χ1n) is 6.90. The number of rotatable bonds is 3. The lowest BCUT2D eigenvalue weighted by molar-refractivity contribution is -0.137. The first-order chi connectivity index (χ1) is 10.1. The molecular weight excluding hydrogens is 294 g/mol. The van der Waals surface area contributed by atoms with Gasteiger partial charge in [-0.25, -0.2) is 4.79 Å². The molecule has 21 heavy (non-hydrogen) atoms. The average Bonchev–Trinajstić information content (AvgIpc) is 2.72. The minimum Gasteiger partial charge on any atom is -0.480 e. The Hall–Kier alpha value is -1.79. The molecule has 1 saturated heterocycles. The monoisotopic (exact) mass is 309 g/mol. The standard InChI is InChI=1S/C14H16ClN3O3/c15-9-1-2-11-12(7-9)17(8-13(19)20)14(21)18(11)10-3-5-16-6-4-10/h1-2,7,10,16H,3-6,8H2,(H,19,20). The molecule has 1 aromatic carbocycles. The number of nitrogens with zero attached hydrogens (tertiary/aromatic N) is 2. The van der Waals surface area contributed by atoms with Crippen molar-refractivity contribution in [3.63, 3.8) is 0 Å². The Morgan fingerprint density at radius 2 is 2.05 bits per heavy atom. The molecule has 1 aliphatic heterocycles. The highest BCUT2D eigenvalue weighted by Crippen LogP contribution is 2.25. The number of piperidine rings is 1. The quantitative estimate of drug-likeness (QED) is 0.900. The summed E-state index contributed by atoms with van der Waals surface area (Å²) in [4.78, 5) is 23.7. The van der Waals surface area contributed by atoms with Crippen molar-refractivity contribution in [2.45, 2.75) is 25.4 Å². The summed E-state index contributed by atoms with van der Waals surface area (Å²) < 4.78 is 3.00. The van der Waals surface area contributed by atoms with Crippen molar-refractivity contribution in [1.29, 1.82) is 0 Å². The SMILES string of the molecule is O=C(O)Cn1c(=O)n(C2CCNCC2)c2ccc(Cl)cc21. The van der Waals surface area contributed by atoms with Crippen LogP contribution in [0.2, 0.25) is 5.02 Å². The molecule has 0 radical (unpaired) electrons. The molecule has 2 aromatic rings. The van der Waals surface area contributed by atoms with Crippen molar-refractivity contribution in [3.8, 4) is 0 Å². The van der Waals surface area contributed by atoms with Gasteiger partial charge in [0.05, 0.1) is 11.0 Å². The number of aromatic nitrogens is 2. The van der Waals surface area contributed by atoms with Crippen molar-refractivity contribution in [2.75, 3.05) is 13.1 Å². The highest BCUT2D eigenvalue weighted by Gasteiger charge is 2.23. The average molecular weight is 310 g/mol. The lowest BCUT2D eigenvalue weighted by Crippen LogP contribution is -2.35. The number of carboxylic acids is 1. The normalized spacial score (nSPS) is 16.4. The summed E-state index contributed by atoms with van der Waals surface area (Å²) in [6, 6.07) is 5.27. The van der Waals surface area contributed by atoms with E-state index in [2.05, 4.69) is 5.32 Å². The summed E-state index contributed by atoms with van der Waals surface area (Å²) in [5.41, 5.74) is 1.05. The second-order valence-electron chi connectivity index (χ2n) is 5.25. The predicted octanol–water partition coefficient (Wildman–Crippen LogP) is 1.47. The van der Waals surface area contributed by atoms with Gasteiger partial charge in [-0.3, -0.25) is 13.9 Å². The van der Waals surface area contributed by atoms with E-state index in [1.54, 1.807) is 22.8 Å². The summed E-state index contributed by atoms with van der Waals surface area (Å²) in [7, 11) is 0. The lowest BCUT2D eigenvalue weighted by atomic mass is 10.1. The van der Waals surface area contributed by atoms with Gasteiger partial charge < -0.3 is 10.4 Å². The summed E-state index contributed by atoms with van der Waals surface area (Å²) in [6.07, 6.45) is 1.71. The Kier molecular flexibility index (Phi) is 3.73. The number of carboxylic acid groups (broad SMARTS) is 1. The van der Waals surface area contributed by atoms with Crippen LogP contribution in [0.1, 0.15) is 18.9 Å². The number of hydrogen-bond donors (Lipinski definition) is 2. The molecule has 1 aliphatic rings. The molecule has 0 amide bonds. The van der Waals surface area contributed by atoms with Crippen LogP contribution in [0.3, 0.4) is 0 Å². The van der Waals surface area contributed by atoms with Crippen molar-refractivity contribution in [3.05, 3.63) is 33.7 Å². The van der Waals surface area contributed by atoms with Crippen LogP contribution in [0.15, 0.2) is 23.0 Å². The van der Waals surface area contributed by atoms with Crippen molar-refractivity contribution in [2.24, 2.45) is 0 Å². The minimum atomic E-state index is -1.04. The fraction of sp³-hybridized carbons (Fsp3) is 0.429. The fourth-order valence-corrected chi connectivity index (χ4v) is 3.12. The number of imidazole rings is 1. The minimum absolute atomic E-state index is 0.0949. The summed E-state index contributed by atoms with van der Waals surface area (Å²) in [5, 5.41) is 12.8. The molecule has 3 rings (SSSR count). The van der Waals surface area contributed by atoms with Crippen molar-refractivity contribution >= 4 is 28.6 Å². The highest BCUT2D eigenvalue weighted by molar-refractivity contribution is 6.31. The Morgan fingerprint density at radius 3 is 2.71 bits per heavy atom. The molecule has 7 heteroatoms. The van der Waals surface area contributed by atoms with Crippen LogP contribution in [0.25, 0.3) is 11.0 Å². The first kappa shape index (κ1) is 14.2. The third kappa shape index (κ3) is 2.56. The molecule has 2 N–H and O–H groups in total. The van der Waals surface area contributed by atoms with E-state index in [0.717, 1.165) is 31.4 Å². The van der Waals surface area contributed by atoms with Gasteiger partial charge >= 0.3 is 11.7 Å². The van der Waals surface area contributed by atoms with Crippen LogP contribution < -0.4 is 11.0 Å². The molecule has 0 saturated carbocycles. The van der Waals surface area contributed by atoms with Crippen molar-refractivity contribution < 1.29 is 9.90 Å². The number of fused-ring (bicyclic) bond motifs is 1. The van der Waals surface area contributed by atoms with E-state index in [1.807, 2.05) is 0 Å². The van der Waals surface area contributed by atoms with E-state index in [-0.39, 0.29) is 18.3 Å². The van der Waals surface area contributed by atoms with E-state index in [9.17, 15) is 9.59 Å². The molecule has 2 heterocycles. The largest absolute Gasteiger partial charge is 0.480 e. The van der Waals surface area contributed by atoms with Crippen LogP contribution >= 0.6 is 11.6 Å². The lowest BCUT2D eigenvalue weighted by Gasteiger charge is -2.23. The smallest absolute Gasteiger partial charge is 0.329 e. The summed E-state index contributed by atoms with van der Waals surface area (Å²) in [6.45, 7) is 1.36. The molecule has 0 spiro atoms. The molecule has 0 unspecified atom stereocenters. The van der Waals surface area contributed by atoms with Gasteiger partial charge in [-0.15, -0.1) is 0 Å². The maximum absolute atomic E-state index is 12.6. The van der Waals surface area contributed by atoms with Gasteiger partial charge in [0.25, 0.3) is 0 Å². The maximum atomic E-state index is 12.6. The number of hydrogen-bond acceptors (Lipinski definition) is 3. The van der Waals surface area contributed by atoms with Gasteiger partial charge in [-0.1, -0.05) is 11.6 Å². The first-order valence-corrected chi connectivity index (χ1v) is 7.28. The number of halogens is 1. The zero-order valence-electron chi connectivity index (χ0n) is 11.4. The Labute approximate surface area is 125 Å². The summed E-state index contributed by atoms with van der Waals surface area (Å²) >= 11 is 5.99. The topological polar surface area (TPSA) is 76.3 Å². The molecule has 1 fully saturated rings. The Bertz CT molecular complexity index is 744. The second-order valence-corrected chi connectivity index (χ2v) is 5.68. The number of benzene rings is 1. The van der Waals surface area contributed by atoms with Crippen LogP contribution in [-0.2, 0) is 11.3 Å². The molecule has 0 atom stereocenters. The Balaban J connectivity index is 2.21. The molecule has 0 bridgehead atoms. The second kappa shape index (κ2) is 5.54. The zero-order chi connectivity index (χ0) is 15.0. The molecule has 1 aromatic heterocycles. The van der Waals surface area contributed by atoms with Gasteiger partial charge in [0.2, 0.25) is 0 Å². The highest BCUT2D eigenvalue weighted by atomic mass is 35.5. The van der Waals surface area contributed by atoms with Gasteiger partial charge in [0, 0.05) is 11.1 Å². The van der Waals surface area contributed by atoms with Crippen LogP contribution in [0.5, 0.6) is 0 Å². The number of nitrogens with one attached hydrogen (secondary N) is 1. The van der Waals surface area contributed by atoms with Crippen LogP contribution in [0, 0.1) is 0 Å². The predicted molar refractivity (Wildman–Crippen MR) is 80.0 cm³/mol. The van der Waals surface area contributed by atoms with E-state index in [1.165, 1.54) is 4.57 Å². The van der Waals surface area contributed by atoms with Crippen LogP contribution in [0.4, 0.5) is 0 Å². The third-order valence-electron chi connectivity index (χ3n) is 3.89. The fourth-order valence-electron chi connectivity index (χ4n) is 2.96. The van der Waals surface area contributed by atoms with Gasteiger partial charge in [-0.05, 0) is 44.1 Å². The summed E-state index contributed by atoms with van der Waals surface area (Å²) in [5.74, 6) is -1.04. The zero-order valence-corrected chi connectivity index (χ0v) is 12.1. The number of carbonyl (C=O) groups is 1. The van der Waals surface area contributed by atoms with Gasteiger partial charge in [-0.2, -0.15) is 0 Å². The van der Waals surface area contributed by atoms with E-state index in [0.29, 0.717) is 10.5 Å². The van der Waals surface area contributed by atoms with Gasteiger partial charge in [0.1, 0.15) is 6.54 Å². The molecular formula is C14H16ClN3O3. The van der Waals surface area contributed by atoms with Crippen LogP contribution in [-0.4, -0.2) is 33.3 Å². The molecule has 0 aliphatic carbocycles. The Morgan fingerprint density at radius 1 is 1.33 bits per heavy atom. The van der Waals surface area contributed by atoms with E-state index >= 15 is 0 Å². The molecule has 6 nitrogen and oxygen atoms in total. The van der Waals surface area contributed by atoms with E-state index in [4.69, 9.17) is 16.7 Å². The maximum Gasteiger partial charge on any atom is 0.329 e. The van der Waals surface area contributed by atoms with Crippen molar-refractivity contribution in [1.82, 2.24) is 14.5 Å². The third-order valence-corrected chi connectivity index (χ3v) is 4.13. The molecule has 112 valence electrons. The van der Waals surface area contributed by atoms with E-state index < -0.39 is 5.97 Å². The number of aliphatic carboxylic acids is 1.